The zero-order valence-corrected chi connectivity index (χ0v) is 17.3. The van der Waals surface area contributed by atoms with Crippen LogP contribution >= 0.6 is 0 Å². The summed E-state index contributed by atoms with van der Waals surface area (Å²) < 4.78 is 35.4. The van der Waals surface area contributed by atoms with Crippen molar-refractivity contribution in [1.29, 1.82) is 0 Å². The third-order valence-electron chi connectivity index (χ3n) is 5.30. The summed E-state index contributed by atoms with van der Waals surface area (Å²) in [7, 11) is -2.07. The molecule has 1 aliphatic heterocycles. The maximum atomic E-state index is 13.2. The number of aromatic nitrogens is 3. The van der Waals surface area contributed by atoms with Crippen molar-refractivity contribution in [2.45, 2.75) is 30.7 Å². The number of hydrogen-bond donors (Lipinski definition) is 0. The molecule has 1 unspecified atom stereocenters. The minimum absolute atomic E-state index is 0.0156. The van der Waals surface area contributed by atoms with Crippen molar-refractivity contribution in [2.24, 2.45) is 0 Å². The van der Waals surface area contributed by atoms with Crippen LogP contribution in [0.5, 0.6) is 5.75 Å². The van der Waals surface area contributed by atoms with Crippen molar-refractivity contribution < 1.29 is 13.2 Å². The second-order valence-corrected chi connectivity index (χ2v) is 9.11. The van der Waals surface area contributed by atoms with E-state index in [0.29, 0.717) is 18.8 Å². The van der Waals surface area contributed by atoms with Crippen molar-refractivity contribution >= 4 is 10.0 Å². The van der Waals surface area contributed by atoms with Crippen molar-refractivity contribution in [3.8, 4) is 17.1 Å². The third-order valence-corrected chi connectivity index (χ3v) is 7.17. The third kappa shape index (κ3) is 3.77. The zero-order valence-electron chi connectivity index (χ0n) is 16.5. The molecular weight excluding hydrogens is 388 g/mol. The SMILES string of the molecule is COc1cccc(S(=O)(=O)N2CCCC(n3c(C)cnc3-c3cccnc3)C2)c1. The summed E-state index contributed by atoms with van der Waals surface area (Å²) in [5.41, 5.74) is 1.93. The van der Waals surface area contributed by atoms with Gasteiger partial charge in [-0.2, -0.15) is 4.31 Å². The maximum absolute atomic E-state index is 13.2. The Balaban J connectivity index is 1.65. The lowest BCUT2D eigenvalue weighted by molar-refractivity contribution is 0.266. The van der Waals surface area contributed by atoms with Gasteiger partial charge < -0.3 is 9.30 Å². The monoisotopic (exact) mass is 412 g/mol. The maximum Gasteiger partial charge on any atom is 0.243 e. The van der Waals surface area contributed by atoms with Gasteiger partial charge in [-0.3, -0.25) is 4.98 Å². The molecule has 1 saturated heterocycles. The molecule has 0 radical (unpaired) electrons. The molecule has 0 spiro atoms. The van der Waals surface area contributed by atoms with E-state index < -0.39 is 10.0 Å². The molecule has 152 valence electrons. The van der Waals surface area contributed by atoms with Gasteiger partial charge in [0.05, 0.1) is 12.0 Å². The molecule has 3 heterocycles. The highest BCUT2D eigenvalue weighted by molar-refractivity contribution is 7.89. The van der Waals surface area contributed by atoms with Crippen LogP contribution in [-0.2, 0) is 10.0 Å². The fourth-order valence-electron chi connectivity index (χ4n) is 3.88. The van der Waals surface area contributed by atoms with Gasteiger partial charge in [-0.25, -0.2) is 13.4 Å². The fourth-order valence-corrected chi connectivity index (χ4v) is 5.43. The van der Waals surface area contributed by atoms with Crippen LogP contribution in [0, 0.1) is 6.92 Å². The van der Waals surface area contributed by atoms with E-state index in [0.717, 1.165) is 29.9 Å². The lowest BCUT2D eigenvalue weighted by Crippen LogP contribution is -2.41. The molecule has 4 rings (SSSR count). The molecule has 0 N–H and O–H groups in total. The van der Waals surface area contributed by atoms with Gasteiger partial charge in [-0.05, 0) is 44.0 Å². The number of hydrogen-bond acceptors (Lipinski definition) is 5. The lowest BCUT2D eigenvalue weighted by atomic mass is 10.1. The second kappa shape index (κ2) is 7.96. The summed E-state index contributed by atoms with van der Waals surface area (Å²) >= 11 is 0. The van der Waals surface area contributed by atoms with Gasteiger partial charge in [0.25, 0.3) is 0 Å². The summed E-state index contributed by atoms with van der Waals surface area (Å²) in [4.78, 5) is 9.02. The smallest absolute Gasteiger partial charge is 0.243 e. The van der Waals surface area contributed by atoms with Crippen LogP contribution in [-0.4, -0.2) is 47.5 Å². The van der Waals surface area contributed by atoms with E-state index in [1.807, 2.05) is 25.3 Å². The van der Waals surface area contributed by atoms with E-state index in [9.17, 15) is 8.42 Å². The van der Waals surface area contributed by atoms with Crippen LogP contribution in [0.15, 0.2) is 59.9 Å². The van der Waals surface area contributed by atoms with Gasteiger partial charge in [0.15, 0.2) is 0 Å². The molecule has 1 aromatic carbocycles. The average molecular weight is 413 g/mol. The van der Waals surface area contributed by atoms with Gasteiger partial charge in [0.2, 0.25) is 10.0 Å². The molecule has 0 amide bonds. The normalized spacial score (nSPS) is 17.9. The Morgan fingerprint density at radius 2 is 2.03 bits per heavy atom. The number of benzene rings is 1. The molecule has 1 atom stereocenters. The van der Waals surface area contributed by atoms with Gasteiger partial charge >= 0.3 is 0 Å². The number of imidazole rings is 1. The molecule has 1 fully saturated rings. The molecule has 1 aliphatic rings. The molecule has 8 heteroatoms. The molecular formula is C21H24N4O3S. The molecule has 3 aromatic rings. The highest BCUT2D eigenvalue weighted by Crippen LogP contribution is 2.32. The van der Waals surface area contributed by atoms with E-state index in [2.05, 4.69) is 14.5 Å². The van der Waals surface area contributed by atoms with Crippen LogP contribution in [0.4, 0.5) is 0 Å². The van der Waals surface area contributed by atoms with Crippen LogP contribution in [0.25, 0.3) is 11.4 Å². The Kier molecular flexibility index (Phi) is 5.38. The summed E-state index contributed by atoms with van der Waals surface area (Å²) in [6.45, 7) is 2.92. The number of ether oxygens (including phenoxy) is 1. The Morgan fingerprint density at radius 3 is 2.79 bits per heavy atom. The molecule has 29 heavy (non-hydrogen) atoms. The predicted octanol–water partition coefficient (Wildman–Crippen LogP) is 3.29. The van der Waals surface area contributed by atoms with E-state index in [1.165, 1.54) is 7.11 Å². The Bertz CT molecular complexity index is 1100. The summed E-state index contributed by atoms with van der Waals surface area (Å²) in [5, 5.41) is 0. The Labute approximate surface area is 171 Å². The largest absolute Gasteiger partial charge is 0.497 e. The van der Waals surface area contributed by atoms with Crippen LogP contribution < -0.4 is 4.74 Å². The molecule has 0 saturated carbocycles. The first-order valence-corrected chi connectivity index (χ1v) is 11.0. The van der Waals surface area contributed by atoms with Crippen molar-refractivity contribution in [2.75, 3.05) is 20.2 Å². The Hall–Kier alpha value is -2.71. The van der Waals surface area contributed by atoms with Crippen molar-refractivity contribution in [3.05, 3.63) is 60.7 Å². The molecule has 0 aliphatic carbocycles. The first kappa shape index (κ1) is 19.6. The highest BCUT2D eigenvalue weighted by atomic mass is 32.2. The number of rotatable bonds is 5. The summed E-state index contributed by atoms with van der Waals surface area (Å²) in [5.74, 6) is 1.35. The van der Waals surface area contributed by atoms with Crippen molar-refractivity contribution in [3.63, 3.8) is 0 Å². The number of sulfonamides is 1. The zero-order chi connectivity index (χ0) is 20.4. The number of aryl methyl sites for hydroxylation is 1. The van der Waals surface area contributed by atoms with Crippen LogP contribution in [0.2, 0.25) is 0 Å². The van der Waals surface area contributed by atoms with E-state index in [4.69, 9.17) is 4.74 Å². The van der Waals surface area contributed by atoms with E-state index in [1.54, 1.807) is 41.0 Å². The number of nitrogens with zero attached hydrogens (tertiary/aromatic N) is 4. The second-order valence-electron chi connectivity index (χ2n) is 7.17. The van der Waals surface area contributed by atoms with Crippen LogP contribution in [0.1, 0.15) is 24.6 Å². The first-order chi connectivity index (χ1) is 14.0. The highest BCUT2D eigenvalue weighted by Gasteiger charge is 2.32. The van der Waals surface area contributed by atoms with Gasteiger partial charge in [0.1, 0.15) is 11.6 Å². The van der Waals surface area contributed by atoms with E-state index in [-0.39, 0.29) is 10.9 Å². The summed E-state index contributed by atoms with van der Waals surface area (Å²) in [6, 6.07) is 10.5. The molecule has 7 nitrogen and oxygen atoms in total. The standard InChI is InChI=1S/C21H24N4O3S/c1-16-13-23-21(17-6-4-10-22-14-17)25(16)18-7-5-11-24(15-18)29(26,27)20-9-3-8-19(12-20)28-2/h3-4,6,8-10,12-14,18H,5,7,11,15H2,1-2H3. The molecule has 2 aromatic heterocycles. The number of methoxy groups -OCH3 is 1. The average Bonchev–Trinajstić information content (AvgIpc) is 3.16. The number of piperidine rings is 1. The van der Waals surface area contributed by atoms with Gasteiger partial charge in [-0.15, -0.1) is 0 Å². The molecule has 0 bridgehead atoms. The van der Waals surface area contributed by atoms with Gasteiger partial charge in [-0.1, -0.05) is 6.07 Å². The summed E-state index contributed by atoms with van der Waals surface area (Å²) in [6.07, 6.45) is 7.03. The topological polar surface area (TPSA) is 77.3 Å². The quantitative estimate of drug-likeness (QED) is 0.643. The van der Waals surface area contributed by atoms with Crippen LogP contribution in [0.3, 0.4) is 0 Å². The minimum Gasteiger partial charge on any atom is -0.497 e. The lowest BCUT2D eigenvalue weighted by Gasteiger charge is -2.34. The van der Waals surface area contributed by atoms with Gasteiger partial charge in [0, 0.05) is 55.0 Å². The minimum atomic E-state index is -3.60. The fraction of sp³-hybridized carbons (Fsp3) is 0.333. The Morgan fingerprint density at radius 1 is 1.17 bits per heavy atom. The first-order valence-electron chi connectivity index (χ1n) is 9.59. The van der Waals surface area contributed by atoms with Crippen molar-refractivity contribution in [1.82, 2.24) is 18.8 Å². The number of pyridine rings is 1. The van der Waals surface area contributed by atoms with E-state index >= 15 is 0 Å². The predicted molar refractivity (Wildman–Crippen MR) is 110 cm³/mol.